The van der Waals surface area contributed by atoms with Gasteiger partial charge in [-0.15, -0.1) is 0 Å². The van der Waals surface area contributed by atoms with Crippen LogP contribution in [0, 0.1) is 0 Å². The van der Waals surface area contributed by atoms with E-state index in [9.17, 15) is 9.90 Å². The number of methoxy groups -OCH3 is 1. The summed E-state index contributed by atoms with van der Waals surface area (Å²) in [6.07, 6.45) is -7.22. The summed E-state index contributed by atoms with van der Waals surface area (Å²) in [5.74, 6) is -0.322. The smallest absolute Gasteiger partial charge is 0.217 e. The van der Waals surface area contributed by atoms with E-state index in [0.29, 0.717) is 6.61 Å². The highest BCUT2D eigenvalue weighted by Gasteiger charge is 2.53. The monoisotopic (exact) mass is 741 g/mol. The number of ether oxygens (including phenoxy) is 8. The maximum absolute atomic E-state index is 12.7. The molecule has 0 saturated carbocycles. The van der Waals surface area contributed by atoms with Crippen molar-refractivity contribution in [1.29, 1.82) is 0 Å². The van der Waals surface area contributed by atoms with Crippen molar-refractivity contribution in [2.45, 2.75) is 102 Å². The van der Waals surface area contributed by atoms with E-state index in [4.69, 9.17) is 37.9 Å². The van der Waals surface area contributed by atoms with Crippen molar-refractivity contribution in [2.75, 3.05) is 13.7 Å². The number of carbonyl (C=O) groups is 1. The van der Waals surface area contributed by atoms with Crippen molar-refractivity contribution in [2.24, 2.45) is 0 Å². The number of hydrogen-bond acceptors (Lipinski definition) is 10. The standard InChI is InChI=1S/C43H51NO10/c1-29-37(48-25-31-16-8-4-9-17-31)40(50-27-33-20-12-6-13-21-33)41(51-28-34-22-14-7-15-23-34)43(52-29)54-39-36(44-30(2)46)42(47-3)53-35(24-45)38(39)49-26-32-18-10-5-11-19-32/h4-23,29,35-43,45H,24-28H2,1-3H3,(H,44,46)/t29-,35+,36+,37+,38+,39+,40+,41-,42+,43-/m0/s1. The summed E-state index contributed by atoms with van der Waals surface area (Å²) < 4.78 is 52.2. The Morgan fingerprint density at radius 2 is 1.02 bits per heavy atom. The molecule has 0 aromatic heterocycles. The maximum Gasteiger partial charge on any atom is 0.217 e. The highest BCUT2D eigenvalue weighted by molar-refractivity contribution is 5.73. The fourth-order valence-electron chi connectivity index (χ4n) is 6.90. The van der Waals surface area contributed by atoms with Gasteiger partial charge in [0.2, 0.25) is 5.91 Å². The van der Waals surface area contributed by atoms with Gasteiger partial charge in [0.05, 0.1) is 39.1 Å². The first-order chi connectivity index (χ1) is 26.4. The van der Waals surface area contributed by atoms with Gasteiger partial charge in [-0.3, -0.25) is 4.79 Å². The quantitative estimate of drug-likeness (QED) is 0.147. The Balaban J connectivity index is 1.35. The molecule has 11 nitrogen and oxygen atoms in total. The lowest BCUT2D eigenvalue weighted by molar-refractivity contribution is -0.356. The molecule has 0 spiro atoms. The summed E-state index contributed by atoms with van der Waals surface area (Å²) >= 11 is 0. The Morgan fingerprint density at radius 3 is 1.44 bits per heavy atom. The highest BCUT2D eigenvalue weighted by atomic mass is 16.7. The number of amides is 1. The fourth-order valence-corrected chi connectivity index (χ4v) is 6.90. The van der Waals surface area contributed by atoms with Crippen molar-refractivity contribution in [1.82, 2.24) is 5.32 Å². The predicted molar refractivity (Wildman–Crippen MR) is 200 cm³/mol. The van der Waals surface area contributed by atoms with Gasteiger partial charge < -0.3 is 48.3 Å². The summed E-state index contributed by atoms with van der Waals surface area (Å²) in [5, 5.41) is 13.5. The number of nitrogens with one attached hydrogen (secondary N) is 1. The number of benzene rings is 4. The molecule has 2 N–H and O–H groups in total. The summed E-state index contributed by atoms with van der Waals surface area (Å²) in [6, 6.07) is 38.5. The molecule has 2 saturated heterocycles. The Labute approximate surface area is 317 Å². The molecular formula is C43H51NO10. The molecule has 2 heterocycles. The van der Waals surface area contributed by atoms with E-state index in [-0.39, 0.29) is 32.3 Å². The Hall–Kier alpha value is -4.01. The van der Waals surface area contributed by atoms with Gasteiger partial charge in [-0.1, -0.05) is 121 Å². The molecular weight excluding hydrogens is 690 g/mol. The zero-order valence-corrected chi connectivity index (χ0v) is 31.0. The molecule has 0 aliphatic carbocycles. The molecule has 0 unspecified atom stereocenters. The highest BCUT2D eigenvalue weighted by Crippen LogP contribution is 2.35. The van der Waals surface area contributed by atoms with Gasteiger partial charge in [-0.2, -0.15) is 0 Å². The third-order valence-electron chi connectivity index (χ3n) is 9.59. The summed E-state index contributed by atoms with van der Waals surface area (Å²) in [7, 11) is 1.48. The van der Waals surface area contributed by atoms with Gasteiger partial charge in [-0.25, -0.2) is 0 Å². The molecule has 10 atom stereocenters. The number of rotatable bonds is 17. The van der Waals surface area contributed by atoms with Crippen LogP contribution >= 0.6 is 0 Å². The Kier molecular flexibility index (Phi) is 14.7. The average Bonchev–Trinajstić information content (AvgIpc) is 3.20. The van der Waals surface area contributed by atoms with Crippen molar-refractivity contribution in [3.63, 3.8) is 0 Å². The van der Waals surface area contributed by atoms with Crippen LogP contribution in [0.1, 0.15) is 36.1 Å². The first-order valence-corrected chi connectivity index (χ1v) is 18.4. The lowest BCUT2D eigenvalue weighted by Crippen LogP contribution is -2.68. The molecule has 11 heteroatoms. The van der Waals surface area contributed by atoms with E-state index < -0.39 is 61.3 Å². The van der Waals surface area contributed by atoms with Crippen LogP contribution in [0.15, 0.2) is 121 Å². The minimum absolute atomic E-state index is 0.198. The predicted octanol–water partition coefficient (Wildman–Crippen LogP) is 5.33. The number of carbonyl (C=O) groups excluding carboxylic acids is 1. The van der Waals surface area contributed by atoms with Gasteiger partial charge in [0, 0.05) is 14.0 Å². The summed E-state index contributed by atoms with van der Waals surface area (Å²) in [4.78, 5) is 12.7. The van der Waals surface area contributed by atoms with Gasteiger partial charge in [0.25, 0.3) is 0 Å². The molecule has 54 heavy (non-hydrogen) atoms. The maximum atomic E-state index is 12.7. The molecule has 2 aliphatic rings. The van der Waals surface area contributed by atoms with Crippen LogP contribution in [0.5, 0.6) is 0 Å². The fraction of sp³-hybridized carbons (Fsp3) is 0.419. The molecule has 1 amide bonds. The lowest BCUT2D eigenvalue weighted by Gasteiger charge is -2.50. The van der Waals surface area contributed by atoms with Crippen LogP contribution < -0.4 is 5.32 Å². The molecule has 6 rings (SSSR count). The molecule has 2 aliphatic heterocycles. The van der Waals surface area contributed by atoms with Gasteiger partial charge >= 0.3 is 0 Å². The minimum atomic E-state index is -1.04. The van der Waals surface area contributed by atoms with Crippen LogP contribution in [0.25, 0.3) is 0 Å². The van der Waals surface area contributed by atoms with E-state index >= 15 is 0 Å². The third kappa shape index (κ3) is 10.6. The largest absolute Gasteiger partial charge is 0.394 e. The molecule has 0 bridgehead atoms. The topological polar surface area (TPSA) is 123 Å². The molecule has 0 radical (unpaired) electrons. The second kappa shape index (κ2) is 20.1. The second-order valence-corrected chi connectivity index (χ2v) is 13.5. The summed E-state index contributed by atoms with van der Waals surface area (Å²) in [5.41, 5.74) is 3.85. The Morgan fingerprint density at radius 1 is 0.593 bits per heavy atom. The Bertz CT molecular complexity index is 1670. The first-order valence-electron chi connectivity index (χ1n) is 18.4. The van der Waals surface area contributed by atoms with Crippen LogP contribution in [0.4, 0.5) is 0 Å². The molecule has 4 aromatic carbocycles. The van der Waals surface area contributed by atoms with Gasteiger partial charge in [0.15, 0.2) is 12.6 Å². The van der Waals surface area contributed by atoms with Crippen molar-refractivity contribution in [3.8, 4) is 0 Å². The molecule has 4 aromatic rings. The SMILES string of the molecule is CO[C@@H]1O[C@H](CO)[C@@H](OCc2ccccc2)[C@H](O[C@@H]2O[C@@H](C)[C@@H](OCc3ccccc3)[C@@H](OCc3ccccc3)[C@@H]2OCc2ccccc2)[C@H]1NC(C)=O. The van der Waals surface area contributed by atoms with Gasteiger partial charge in [-0.05, 0) is 29.2 Å². The van der Waals surface area contributed by atoms with Crippen molar-refractivity contribution in [3.05, 3.63) is 144 Å². The van der Waals surface area contributed by atoms with Crippen LogP contribution in [-0.4, -0.2) is 86.1 Å². The first kappa shape index (κ1) is 39.7. The number of aliphatic hydroxyl groups is 1. The second-order valence-electron chi connectivity index (χ2n) is 13.5. The van der Waals surface area contributed by atoms with E-state index in [1.165, 1.54) is 14.0 Å². The normalized spacial score (nSPS) is 28.4. The van der Waals surface area contributed by atoms with Crippen molar-refractivity contribution < 1.29 is 47.8 Å². The minimum Gasteiger partial charge on any atom is -0.394 e. The molecule has 288 valence electrons. The van der Waals surface area contributed by atoms with Crippen LogP contribution in [0.2, 0.25) is 0 Å². The zero-order valence-electron chi connectivity index (χ0n) is 31.0. The van der Waals surface area contributed by atoms with Crippen LogP contribution in [-0.2, 0) is 69.1 Å². The van der Waals surface area contributed by atoms with E-state index in [1.54, 1.807) is 0 Å². The average molecular weight is 742 g/mol. The third-order valence-corrected chi connectivity index (χ3v) is 9.59. The van der Waals surface area contributed by atoms with E-state index in [0.717, 1.165) is 22.3 Å². The number of aliphatic hydroxyl groups excluding tert-OH is 1. The van der Waals surface area contributed by atoms with E-state index in [1.807, 2.05) is 128 Å². The van der Waals surface area contributed by atoms with Crippen LogP contribution in [0.3, 0.4) is 0 Å². The van der Waals surface area contributed by atoms with Crippen molar-refractivity contribution >= 4 is 5.91 Å². The lowest BCUT2D eigenvalue weighted by atomic mass is 9.94. The number of hydrogen-bond donors (Lipinski definition) is 2. The van der Waals surface area contributed by atoms with E-state index in [2.05, 4.69) is 5.32 Å². The zero-order chi connectivity index (χ0) is 37.7. The summed E-state index contributed by atoms with van der Waals surface area (Å²) in [6.45, 7) is 3.99. The molecule has 2 fully saturated rings. The van der Waals surface area contributed by atoms with Gasteiger partial charge in [0.1, 0.15) is 42.7 Å².